The molecule has 4 rings (SSSR count). The van der Waals surface area contributed by atoms with Gasteiger partial charge in [0, 0.05) is 23.7 Å². The highest BCUT2D eigenvalue weighted by atomic mass is 16.5. The molecule has 0 saturated heterocycles. The fraction of sp³-hybridized carbons (Fsp3) is 0.304. The quantitative estimate of drug-likeness (QED) is 0.674. The van der Waals surface area contributed by atoms with E-state index in [4.69, 9.17) is 19.1 Å². The lowest BCUT2D eigenvalue weighted by molar-refractivity contribution is 0.184. The highest BCUT2D eigenvalue weighted by molar-refractivity contribution is 6.14. The number of rotatable bonds is 4. The van der Waals surface area contributed by atoms with Crippen LogP contribution >= 0.6 is 0 Å². The first-order valence-corrected chi connectivity index (χ1v) is 10.2. The van der Waals surface area contributed by atoms with Crippen LogP contribution in [0.3, 0.4) is 0 Å². The maximum absolute atomic E-state index is 12.6. The molecular formula is C23H25N5O4. The van der Waals surface area contributed by atoms with Crippen LogP contribution in [-0.2, 0) is 6.42 Å². The Morgan fingerprint density at radius 2 is 1.78 bits per heavy atom. The summed E-state index contributed by atoms with van der Waals surface area (Å²) in [5.41, 5.74) is 4.18. The van der Waals surface area contributed by atoms with Gasteiger partial charge >= 0.3 is 6.03 Å². The molecule has 1 N–H and O–H groups in total. The highest BCUT2D eigenvalue weighted by Gasteiger charge is 2.28. The van der Waals surface area contributed by atoms with Gasteiger partial charge in [-0.25, -0.2) is 9.80 Å². The standard InChI is InChI=1S/C23H25N5O4/c1-13-10-17-11-19(30-4)20(31-5)12-18(17)21(26-28(13)23(29)24-3)15-6-8-16(9-7-15)22-25-14(2)27-32-22/h6-9,11-13H,10H2,1-5H3,(H,24,29). The first kappa shape index (κ1) is 21.4. The summed E-state index contributed by atoms with van der Waals surface area (Å²) < 4.78 is 16.3. The van der Waals surface area contributed by atoms with E-state index in [-0.39, 0.29) is 12.1 Å². The minimum atomic E-state index is -0.278. The second kappa shape index (κ2) is 8.70. The summed E-state index contributed by atoms with van der Waals surface area (Å²) in [6.45, 7) is 3.73. The van der Waals surface area contributed by atoms with Crippen LogP contribution in [-0.4, -0.2) is 54.2 Å². The molecule has 2 aromatic carbocycles. The van der Waals surface area contributed by atoms with E-state index in [2.05, 4.69) is 15.5 Å². The molecule has 0 fully saturated rings. The van der Waals surface area contributed by atoms with Crippen molar-refractivity contribution in [3.05, 3.63) is 58.9 Å². The summed E-state index contributed by atoms with van der Waals surface area (Å²) >= 11 is 0. The average Bonchev–Trinajstić information content (AvgIpc) is 3.19. The van der Waals surface area contributed by atoms with E-state index in [1.807, 2.05) is 43.3 Å². The van der Waals surface area contributed by atoms with Crippen LogP contribution in [0, 0.1) is 6.92 Å². The number of aryl methyl sites for hydroxylation is 1. The van der Waals surface area contributed by atoms with Gasteiger partial charge in [-0.3, -0.25) is 0 Å². The number of amides is 2. The van der Waals surface area contributed by atoms with E-state index in [9.17, 15) is 4.79 Å². The van der Waals surface area contributed by atoms with E-state index in [0.717, 1.165) is 22.3 Å². The van der Waals surface area contributed by atoms with Gasteiger partial charge in [-0.1, -0.05) is 17.3 Å². The third kappa shape index (κ3) is 3.89. The Kier molecular flexibility index (Phi) is 5.81. The first-order valence-electron chi connectivity index (χ1n) is 10.2. The van der Waals surface area contributed by atoms with Crippen molar-refractivity contribution in [3.63, 3.8) is 0 Å². The fourth-order valence-electron chi connectivity index (χ4n) is 3.73. The monoisotopic (exact) mass is 435 g/mol. The Morgan fingerprint density at radius 3 is 2.38 bits per heavy atom. The molecule has 1 aliphatic heterocycles. The number of fused-ring (bicyclic) bond motifs is 1. The van der Waals surface area contributed by atoms with Crippen molar-refractivity contribution in [2.24, 2.45) is 5.10 Å². The average molecular weight is 435 g/mol. The van der Waals surface area contributed by atoms with Crippen molar-refractivity contribution in [1.82, 2.24) is 20.5 Å². The Morgan fingerprint density at radius 1 is 1.12 bits per heavy atom. The lowest BCUT2D eigenvalue weighted by Gasteiger charge is -2.22. The number of ether oxygens (including phenoxy) is 2. The smallest absolute Gasteiger partial charge is 0.337 e. The largest absolute Gasteiger partial charge is 0.493 e. The van der Waals surface area contributed by atoms with Gasteiger partial charge < -0.3 is 19.3 Å². The van der Waals surface area contributed by atoms with E-state index < -0.39 is 0 Å². The zero-order chi connectivity index (χ0) is 22.8. The maximum atomic E-state index is 12.6. The van der Waals surface area contributed by atoms with E-state index in [1.54, 1.807) is 28.2 Å². The summed E-state index contributed by atoms with van der Waals surface area (Å²) in [6, 6.07) is 11.0. The minimum Gasteiger partial charge on any atom is -0.493 e. The number of carbonyl (C=O) groups excluding carboxylic acids is 1. The Labute approximate surface area is 186 Å². The molecule has 32 heavy (non-hydrogen) atoms. The van der Waals surface area contributed by atoms with E-state index in [1.165, 1.54) is 5.01 Å². The predicted octanol–water partition coefficient (Wildman–Crippen LogP) is 3.40. The van der Waals surface area contributed by atoms with Gasteiger partial charge in [0.2, 0.25) is 0 Å². The molecule has 0 aliphatic carbocycles. The molecule has 3 aromatic rings. The molecule has 9 heteroatoms. The zero-order valence-corrected chi connectivity index (χ0v) is 18.7. The van der Waals surface area contributed by atoms with Gasteiger partial charge in [0.05, 0.1) is 26.0 Å². The van der Waals surface area contributed by atoms with Crippen LogP contribution in [0.2, 0.25) is 0 Å². The number of methoxy groups -OCH3 is 2. The summed E-state index contributed by atoms with van der Waals surface area (Å²) in [7, 11) is 4.79. The summed E-state index contributed by atoms with van der Waals surface area (Å²) in [5.74, 6) is 2.25. The fourth-order valence-corrected chi connectivity index (χ4v) is 3.73. The van der Waals surface area contributed by atoms with Gasteiger partial charge in [0.25, 0.3) is 5.89 Å². The van der Waals surface area contributed by atoms with Crippen molar-refractivity contribution in [3.8, 4) is 23.0 Å². The van der Waals surface area contributed by atoms with Crippen LogP contribution in [0.1, 0.15) is 29.4 Å². The van der Waals surface area contributed by atoms with Crippen molar-refractivity contribution in [2.75, 3.05) is 21.3 Å². The molecule has 0 bridgehead atoms. The summed E-state index contributed by atoms with van der Waals surface area (Å²) in [6.07, 6.45) is 0.607. The molecule has 1 atom stereocenters. The molecular weight excluding hydrogens is 410 g/mol. The lowest BCUT2D eigenvalue weighted by Crippen LogP contribution is -2.41. The summed E-state index contributed by atoms with van der Waals surface area (Å²) in [5, 5.41) is 12.8. The second-order valence-electron chi connectivity index (χ2n) is 7.49. The second-order valence-corrected chi connectivity index (χ2v) is 7.49. The van der Waals surface area contributed by atoms with Crippen molar-refractivity contribution in [1.29, 1.82) is 0 Å². The van der Waals surface area contributed by atoms with Crippen LogP contribution < -0.4 is 14.8 Å². The number of aromatic nitrogens is 2. The zero-order valence-electron chi connectivity index (χ0n) is 18.7. The topological polar surface area (TPSA) is 102 Å². The van der Waals surface area contributed by atoms with Gasteiger partial charge in [-0.15, -0.1) is 0 Å². The Balaban J connectivity index is 1.85. The number of benzene rings is 2. The van der Waals surface area contributed by atoms with E-state index in [0.29, 0.717) is 35.3 Å². The first-order chi connectivity index (χ1) is 15.4. The predicted molar refractivity (Wildman–Crippen MR) is 119 cm³/mol. The van der Waals surface area contributed by atoms with Crippen LogP contribution in [0.15, 0.2) is 46.0 Å². The molecule has 1 aromatic heterocycles. The number of nitrogens with one attached hydrogen (secondary N) is 1. The maximum Gasteiger partial charge on any atom is 0.337 e. The van der Waals surface area contributed by atoms with Gasteiger partial charge in [-0.2, -0.15) is 10.1 Å². The molecule has 1 aliphatic rings. The van der Waals surface area contributed by atoms with Crippen LogP contribution in [0.4, 0.5) is 4.79 Å². The molecule has 2 amide bonds. The molecule has 1 unspecified atom stereocenters. The highest BCUT2D eigenvalue weighted by Crippen LogP contribution is 2.34. The summed E-state index contributed by atoms with van der Waals surface area (Å²) in [4.78, 5) is 16.8. The number of hydrazone groups is 1. The SMILES string of the molecule is CNC(=O)N1N=C(c2ccc(-c3nc(C)no3)cc2)c2cc(OC)c(OC)cc2CC1C. The van der Waals surface area contributed by atoms with Gasteiger partial charge in [-0.05, 0) is 50.1 Å². The molecule has 0 radical (unpaired) electrons. The molecule has 9 nitrogen and oxygen atoms in total. The Hall–Kier alpha value is -3.88. The number of carbonyl (C=O) groups is 1. The number of urea groups is 1. The molecule has 0 spiro atoms. The van der Waals surface area contributed by atoms with Crippen LogP contribution in [0.5, 0.6) is 11.5 Å². The van der Waals surface area contributed by atoms with Gasteiger partial charge in [0.1, 0.15) is 0 Å². The lowest BCUT2D eigenvalue weighted by atomic mass is 9.93. The minimum absolute atomic E-state index is 0.162. The van der Waals surface area contributed by atoms with Crippen molar-refractivity contribution < 1.29 is 18.8 Å². The number of hydrogen-bond acceptors (Lipinski definition) is 7. The Bertz CT molecular complexity index is 1170. The third-order valence-electron chi connectivity index (χ3n) is 5.36. The molecule has 166 valence electrons. The third-order valence-corrected chi connectivity index (χ3v) is 5.36. The van der Waals surface area contributed by atoms with Gasteiger partial charge in [0.15, 0.2) is 17.3 Å². The normalized spacial score (nSPS) is 15.5. The molecule has 0 saturated carbocycles. The van der Waals surface area contributed by atoms with E-state index >= 15 is 0 Å². The number of hydrogen-bond donors (Lipinski definition) is 1. The number of nitrogens with zero attached hydrogens (tertiary/aromatic N) is 4. The van der Waals surface area contributed by atoms with Crippen molar-refractivity contribution >= 4 is 11.7 Å². The van der Waals surface area contributed by atoms with Crippen molar-refractivity contribution in [2.45, 2.75) is 26.3 Å². The van der Waals surface area contributed by atoms with Crippen LogP contribution in [0.25, 0.3) is 11.5 Å². The molecule has 2 heterocycles.